The van der Waals surface area contributed by atoms with E-state index in [-0.39, 0.29) is 17.9 Å². The van der Waals surface area contributed by atoms with Crippen molar-refractivity contribution < 1.29 is 12.8 Å². The highest BCUT2D eigenvalue weighted by molar-refractivity contribution is 7.92. The molecule has 3 heterocycles. The monoisotopic (exact) mass is 549 g/mol. The molecule has 2 aromatic heterocycles. The van der Waals surface area contributed by atoms with Gasteiger partial charge in [0, 0.05) is 29.0 Å². The van der Waals surface area contributed by atoms with Crippen molar-refractivity contribution in [3.63, 3.8) is 0 Å². The summed E-state index contributed by atoms with van der Waals surface area (Å²) in [5.41, 5.74) is 6.89. The van der Waals surface area contributed by atoms with Crippen LogP contribution in [0.15, 0.2) is 72.9 Å². The van der Waals surface area contributed by atoms with Gasteiger partial charge in [-0.05, 0) is 105 Å². The molecule has 2 atom stereocenters. The van der Waals surface area contributed by atoms with E-state index in [0.717, 1.165) is 45.8 Å². The van der Waals surface area contributed by atoms with Crippen molar-refractivity contribution in [3.05, 3.63) is 107 Å². The van der Waals surface area contributed by atoms with Crippen LogP contribution >= 0.6 is 12.2 Å². The third-order valence-electron chi connectivity index (χ3n) is 6.76. The Labute approximate surface area is 227 Å². The van der Waals surface area contributed by atoms with Crippen LogP contribution in [0.25, 0.3) is 5.69 Å². The minimum absolute atomic E-state index is 0.236. The van der Waals surface area contributed by atoms with Gasteiger partial charge in [-0.15, -0.1) is 0 Å². The Morgan fingerprint density at radius 3 is 2.34 bits per heavy atom. The first-order chi connectivity index (χ1) is 18.0. The lowest BCUT2D eigenvalue weighted by Crippen LogP contribution is -2.29. The summed E-state index contributed by atoms with van der Waals surface area (Å²) in [4.78, 5) is 6.68. The van der Waals surface area contributed by atoms with Crippen LogP contribution in [0.5, 0.6) is 0 Å². The molecule has 4 aromatic rings. The Bertz CT molecular complexity index is 1620. The number of nitrogens with one attached hydrogen (secondary N) is 2. The Balaban J connectivity index is 1.65. The second kappa shape index (κ2) is 9.85. The fourth-order valence-corrected chi connectivity index (χ4v) is 6.11. The lowest BCUT2D eigenvalue weighted by Gasteiger charge is -2.29. The minimum atomic E-state index is -3.41. The Kier molecular flexibility index (Phi) is 6.70. The number of halogens is 1. The third-order valence-corrected chi connectivity index (χ3v) is 7.66. The van der Waals surface area contributed by atoms with Gasteiger partial charge in [-0.2, -0.15) is 0 Å². The summed E-state index contributed by atoms with van der Waals surface area (Å²) in [5, 5.41) is 4.01. The second-order valence-electron chi connectivity index (χ2n) is 9.51. The smallest absolute Gasteiger partial charge is 0.229 e. The van der Waals surface area contributed by atoms with Gasteiger partial charge < -0.3 is 14.8 Å². The van der Waals surface area contributed by atoms with Crippen LogP contribution in [0.2, 0.25) is 0 Å². The molecule has 1 aliphatic heterocycles. The van der Waals surface area contributed by atoms with Crippen LogP contribution in [-0.2, 0) is 10.0 Å². The van der Waals surface area contributed by atoms with E-state index >= 15 is 0 Å². The number of anilines is 2. The van der Waals surface area contributed by atoms with Gasteiger partial charge in [0.15, 0.2) is 5.11 Å². The number of aryl methyl sites for hydroxylation is 2. The van der Waals surface area contributed by atoms with Gasteiger partial charge in [-0.3, -0.25) is 9.71 Å². The molecule has 7 nitrogen and oxygen atoms in total. The Morgan fingerprint density at radius 2 is 1.71 bits per heavy atom. The lowest BCUT2D eigenvalue weighted by atomic mass is 9.96. The average Bonchev–Trinajstić information content (AvgIpc) is 3.36. The summed E-state index contributed by atoms with van der Waals surface area (Å²) in [6, 6.07) is 19.4. The predicted octanol–water partition coefficient (Wildman–Crippen LogP) is 5.49. The molecular formula is C28H28FN5O2S2. The van der Waals surface area contributed by atoms with Crippen molar-refractivity contribution in [3.8, 4) is 5.69 Å². The number of thiocarbonyl (C=S) groups is 1. The summed E-state index contributed by atoms with van der Waals surface area (Å²) in [5.74, 6) is -0.285. The molecule has 10 heteroatoms. The second-order valence-corrected chi connectivity index (χ2v) is 11.6. The Hall–Kier alpha value is -3.76. The van der Waals surface area contributed by atoms with Crippen LogP contribution in [0.3, 0.4) is 0 Å². The molecule has 1 saturated heterocycles. The topological polar surface area (TPSA) is 79.3 Å². The van der Waals surface area contributed by atoms with E-state index in [2.05, 4.69) is 30.6 Å². The van der Waals surface area contributed by atoms with Crippen LogP contribution in [0, 0.1) is 26.6 Å². The van der Waals surface area contributed by atoms with Gasteiger partial charge in [0.25, 0.3) is 0 Å². The van der Waals surface area contributed by atoms with Crippen molar-refractivity contribution in [1.82, 2.24) is 14.9 Å². The first-order valence-corrected chi connectivity index (χ1v) is 14.4. The molecule has 196 valence electrons. The van der Waals surface area contributed by atoms with E-state index in [1.165, 1.54) is 12.1 Å². The molecule has 0 saturated carbocycles. The third kappa shape index (κ3) is 4.89. The summed E-state index contributed by atoms with van der Waals surface area (Å²) in [6.45, 7) is 5.93. The number of pyridine rings is 1. The minimum Gasteiger partial charge on any atom is -0.351 e. The molecule has 0 aliphatic carbocycles. The zero-order valence-corrected chi connectivity index (χ0v) is 23.1. The number of hydrogen-bond donors (Lipinski definition) is 2. The summed E-state index contributed by atoms with van der Waals surface area (Å²) >= 11 is 5.86. The van der Waals surface area contributed by atoms with E-state index in [1.807, 2.05) is 51.1 Å². The number of hydrogen-bond acceptors (Lipinski definition) is 4. The highest BCUT2D eigenvalue weighted by Gasteiger charge is 2.42. The van der Waals surface area contributed by atoms with Crippen molar-refractivity contribution in [2.75, 3.05) is 15.9 Å². The standard InChI is InChI=1S/C28H28FN5O2S2/c1-17-15-22(12-13-24(17)32-38(4,35)36)34-27(26(31-28(34)37)25-7-5-6-14-30-25)23-16-18(2)33(19(23)3)21-10-8-20(29)9-11-21/h5-16,26-27,32H,1-4H3,(H,31,37)/t26-,27-/m0/s1. The van der Waals surface area contributed by atoms with Crippen LogP contribution in [0.1, 0.15) is 40.3 Å². The maximum atomic E-state index is 13.6. The predicted molar refractivity (Wildman–Crippen MR) is 153 cm³/mol. The molecule has 0 spiro atoms. The first-order valence-electron chi connectivity index (χ1n) is 12.1. The molecular weight excluding hydrogens is 521 g/mol. The number of sulfonamides is 1. The molecule has 0 unspecified atom stereocenters. The molecule has 0 bridgehead atoms. The summed E-state index contributed by atoms with van der Waals surface area (Å²) in [7, 11) is -3.41. The Morgan fingerprint density at radius 1 is 1.00 bits per heavy atom. The van der Waals surface area contributed by atoms with Crippen LogP contribution in [0.4, 0.5) is 15.8 Å². The quantitative estimate of drug-likeness (QED) is 0.310. The fraction of sp³-hybridized carbons (Fsp3) is 0.214. The molecule has 2 aromatic carbocycles. The lowest BCUT2D eigenvalue weighted by molar-refractivity contribution is 0.565. The number of nitrogens with zero attached hydrogens (tertiary/aromatic N) is 3. The largest absolute Gasteiger partial charge is 0.351 e. The molecule has 1 aliphatic rings. The molecule has 1 fully saturated rings. The molecule has 2 N–H and O–H groups in total. The van der Waals surface area contributed by atoms with Crippen molar-refractivity contribution in [2.24, 2.45) is 0 Å². The molecule has 0 amide bonds. The van der Waals surface area contributed by atoms with Crippen LogP contribution in [-0.4, -0.2) is 29.3 Å². The SMILES string of the molecule is Cc1cc(N2C(=S)N[C@@H](c3ccccn3)[C@@H]2c2cc(C)n(-c3ccc(F)cc3)c2C)ccc1NS(C)(=O)=O. The molecule has 38 heavy (non-hydrogen) atoms. The fourth-order valence-electron chi connectivity index (χ4n) is 5.14. The molecule has 0 radical (unpaired) electrons. The average molecular weight is 550 g/mol. The summed E-state index contributed by atoms with van der Waals surface area (Å²) in [6.07, 6.45) is 2.89. The van der Waals surface area contributed by atoms with Crippen molar-refractivity contribution in [1.29, 1.82) is 0 Å². The van der Waals surface area contributed by atoms with Crippen molar-refractivity contribution in [2.45, 2.75) is 32.9 Å². The van der Waals surface area contributed by atoms with Gasteiger partial charge in [0.1, 0.15) is 5.82 Å². The normalized spacial score (nSPS) is 17.5. The zero-order chi connectivity index (χ0) is 27.2. The van der Waals surface area contributed by atoms with Crippen molar-refractivity contribution >= 4 is 38.7 Å². The zero-order valence-electron chi connectivity index (χ0n) is 21.4. The van der Waals surface area contributed by atoms with E-state index < -0.39 is 10.0 Å². The maximum absolute atomic E-state index is 13.6. The maximum Gasteiger partial charge on any atom is 0.229 e. The number of benzene rings is 2. The van der Waals surface area contributed by atoms with E-state index in [4.69, 9.17) is 12.2 Å². The van der Waals surface area contributed by atoms with Crippen LogP contribution < -0.4 is 14.9 Å². The highest BCUT2D eigenvalue weighted by atomic mass is 32.2. The number of rotatable bonds is 6. The summed E-state index contributed by atoms with van der Waals surface area (Å²) < 4.78 is 41.9. The van der Waals surface area contributed by atoms with Gasteiger partial charge in [0.05, 0.1) is 29.7 Å². The van der Waals surface area contributed by atoms with E-state index in [0.29, 0.717) is 10.8 Å². The van der Waals surface area contributed by atoms with Gasteiger partial charge in [-0.1, -0.05) is 6.07 Å². The number of aromatic nitrogens is 2. The van der Waals surface area contributed by atoms with Gasteiger partial charge in [-0.25, -0.2) is 12.8 Å². The molecule has 5 rings (SSSR count). The van der Waals surface area contributed by atoms with Gasteiger partial charge in [0.2, 0.25) is 10.0 Å². The van der Waals surface area contributed by atoms with Gasteiger partial charge >= 0.3 is 0 Å². The first kappa shape index (κ1) is 25.9. The highest BCUT2D eigenvalue weighted by Crippen LogP contribution is 2.44. The van der Waals surface area contributed by atoms with E-state index in [1.54, 1.807) is 24.4 Å². The van der Waals surface area contributed by atoms with E-state index in [9.17, 15) is 12.8 Å².